The van der Waals surface area contributed by atoms with E-state index in [2.05, 4.69) is 6.07 Å². The van der Waals surface area contributed by atoms with Crippen molar-refractivity contribution in [2.45, 2.75) is 40.0 Å². The Bertz CT molecular complexity index is 387. The summed E-state index contributed by atoms with van der Waals surface area (Å²) in [7, 11) is 0. The minimum atomic E-state index is -0.742. The number of esters is 2. The maximum Gasteiger partial charge on any atom is 0.310 e. The van der Waals surface area contributed by atoms with Crippen LogP contribution in [0.25, 0.3) is 0 Å². The standard InChI is InChI=1S/C14H21NO4/c1-4-7-14(9-15)10(8-11(16)18-5-2)12(14)13(17)19-6-3/h10,12H,4-8H2,1-3H3/t10-,12+,14-/m0/s1. The van der Waals surface area contributed by atoms with Crippen LogP contribution < -0.4 is 0 Å². The van der Waals surface area contributed by atoms with Crippen LogP contribution in [0.15, 0.2) is 0 Å². The van der Waals surface area contributed by atoms with Crippen LogP contribution in [0.5, 0.6) is 0 Å². The number of nitriles is 1. The van der Waals surface area contributed by atoms with Gasteiger partial charge in [0.15, 0.2) is 0 Å². The fourth-order valence-corrected chi connectivity index (χ4v) is 2.79. The SMILES string of the molecule is CCC[C@]1(C#N)[C@@H](CC(=O)OCC)[C@@H]1C(=O)OCC. The van der Waals surface area contributed by atoms with Gasteiger partial charge in [-0.15, -0.1) is 0 Å². The lowest BCUT2D eigenvalue weighted by Crippen LogP contribution is -2.12. The van der Waals surface area contributed by atoms with E-state index in [1.54, 1.807) is 13.8 Å². The molecule has 0 aliphatic heterocycles. The summed E-state index contributed by atoms with van der Waals surface area (Å²) in [4.78, 5) is 23.4. The van der Waals surface area contributed by atoms with Crippen molar-refractivity contribution in [3.63, 3.8) is 0 Å². The monoisotopic (exact) mass is 267 g/mol. The molecule has 0 bridgehead atoms. The third-order valence-corrected chi connectivity index (χ3v) is 3.61. The van der Waals surface area contributed by atoms with Crippen LogP contribution in [0.3, 0.4) is 0 Å². The molecule has 0 aromatic carbocycles. The predicted molar refractivity (Wildman–Crippen MR) is 67.8 cm³/mol. The average molecular weight is 267 g/mol. The van der Waals surface area contributed by atoms with E-state index in [-0.39, 0.29) is 30.9 Å². The molecule has 0 aromatic heterocycles. The molecule has 0 unspecified atom stereocenters. The first-order chi connectivity index (χ1) is 9.07. The van der Waals surface area contributed by atoms with Crippen molar-refractivity contribution in [3.8, 4) is 6.07 Å². The van der Waals surface area contributed by atoms with Crippen molar-refractivity contribution in [2.75, 3.05) is 13.2 Å². The molecule has 1 rings (SSSR count). The summed E-state index contributed by atoms with van der Waals surface area (Å²) in [5, 5.41) is 9.38. The summed E-state index contributed by atoms with van der Waals surface area (Å²) < 4.78 is 9.90. The van der Waals surface area contributed by atoms with Crippen molar-refractivity contribution < 1.29 is 19.1 Å². The third-order valence-electron chi connectivity index (χ3n) is 3.61. The first kappa shape index (κ1) is 15.5. The van der Waals surface area contributed by atoms with Crippen molar-refractivity contribution in [3.05, 3.63) is 0 Å². The van der Waals surface area contributed by atoms with Gasteiger partial charge in [0.05, 0.1) is 37.0 Å². The molecule has 0 heterocycles. The highest BCUT2D eigenvalue weighted by atomic mass is 16.5. The van der Waals surface area contributed by atoms with E-state index in [1.165, 1.54) is 0 Å². The molecule has 0 amide bonds. The lowest BCUT2D eigenvalue weighted by molar-refractivity contribution is -0.146. The van der Waals surface area contributed by atoms with E-state index >= 15 is 0 Å². The Kier molecular flexibility index (Phi) is 5.34. The van der Waals surface area contributed by atoms with Crippen molar-refractivity contribution in [2.24, 2.45) is 17.3 Å². The molecule has 0 aromatic rings. The highest BCUT2D eigenvalue weighted by molar-refractivity contribution is 5.81. The largest absolute Gasteiger partial charge is 0.466 e. The highest BCUT2D eigenvalue weighted by Gasteiger charge is 2.69. The Balaban J connectivity index is 2.79. The van der Waals surface area contributed by atoms with Crippen LogP contribution in [0.4, 0.5) is 0 Å². The van der Waals surface area contributed by atoms with Gasteiger partial charge in [0.2, 0.25) is 0 Å². The Morgan fingerprint density at radius 1 is 1.21 bits per heavy atom. The second-order valence-corrected chi connectivity index (χ2v) is 4.75. The van der Waals surface area contributed by atoms with Gasteiger partial charge in [-0.3, -0.25) is 9.59 Å². The molecule has 5 heteroatoms. The first-order valence-electron chi connectivity index (χ1n) is 6.80. The van der Waals surface area contributed by atoms with Gasteiger partial charge in [-0.2, -0.15) is 5.26 Å². The molecule has 1 saturated carbocycles. The van der Waals surface area contributed by atoms with Gasteiger partial charge in [0.1, 0.15) is 0 Å². The topological polar surface area (TPSA) is 76.4 Å². The van der Waals surface area contributed by atoms with Gasteiger partial charge in [-0.1, -0.05) is 13.3 Å². The van der Waals surface area contributed by atoms with Gasteiger partial charge in [-0.05, 0) is 20.3 Å². The Morgan fingerprint density at radius 3 is 2.32 bits per heavy atom. The molecular weight excluding hydrogens is 246 g/mol. The van der Waals surface area contributed by atoms with Gasteiger partial charge in [-0.25, -0.2) is 0 Å². The molecule has 106 valence electrons. The molecule has 3 atom stereocenters. The maximum atomic E-state index is 11.9. The number of carbonyl (C=O) groups excluding carboxylic acids is 2. The normalized spacial score (nSPS) is 28.3. The first-order valence-corrected chi connectivity index (χ1v) is 6.80. The summed E-state index contributed by atoms with van der Waals surface area (Å²) >= 11 is 0. The second kappa shape index (κ2) is 6.55. The second-order valence-electron chi connectivity index (χ2n) is 4.75. The number of hydrogen-bond donors (Lipinski definition) is 0. The number of hydrogen-bond acceptors (Lipinski definition) is 5. The third kappa shape index (κ3) is 3.06. The van der Waals surface area contributed by atoms with Crippen LogP contribution in [0.1, 0.15) is 40.0 Å². The highest BCUT2D eigenvalue weighted by Crippen LogP contribution is 2.63. The molecule has 1 fully saturated rings. The molecule has 1 aliphatic rings. The molecule has 0 N–H and O–H groups in total. The molecule has 0 radical (unpaired) electrons. The van der Waals surface area contributed by atoms with E-state index in [0.29, 0.717) is 13.0 Å². The van der Waals surface area contributed by atoms with Crippen LogP contribution in [-0.4, -0.2) is 25.2 Å². The smallest absolute Gasteiger partial charge is 0.310 e. The minimum Gasteiger partial charge on any atom is -0.466 e. The zero-order valence-corrected chi connectivity index (χ0v) is 11.8. The van der Waals surface area contributed by atoms with Crippen LogP contribution in [-0.2, 0) is 19.1 Å². The quantitative estimate of drug-likeness (QED) is 0.660. The number of nitrogens with zero attached hydrogens (tertiary/aromatic N) is 1. The van der Waals surface area contributed by atoms with E-state index in [1.807, 2.05) is 6.92 Å². The Labute approximate surface area is 113 Å². The van der Waals surface area contributed by atoms with Gasteiger partial charge in [0, 0.05) is 5.92 Å². The van der Waals surface area contributed by atoms with E-state index in [4.69, 9.17) is 9.47 Å². The van der Waals surface area contributed by atoms with Crippen LogP contribution in [0, 0.1) is 28.6 Å². The van der Waals surface area contributed by atoms with E-state index in [0.717, 1.165) is 6.42 Å². The summed E-state index contributed by atoms with van der Waals surface area (Å²) in [6.45, 7) is 6.02. The van der Waals surface area contributed by atoms with E-state index < -0.39 is 11.3 Å². The Morgan fingerprint density at radius 2 is 1.84 bits per heavy atom. The maximum absolute atomic E-state index is 11.9. The lowest BCUT2D eigenvalue weighted by Gasteiger charge is -2.06. The minimum absolute atomic E-state index is 0.116. The molecule has 19 heavy (non-hydrogen) atoms. The number of ether oxygens (including phenoxy) is 2. The summed E-state index contributed by atoms with van der Waals surface area (Å²) in [5.74, 6) is -1.47. The fraction of sp³-hybridized carbons (Fsp3) is 0.786. The molecule has 0 spiro atoms. The van der Waals surface area contributed by atoms with Gasteiger partial charge < -0.3 is 9.47 Å². The van der Waals surface area contributed by atoms with E-state index in [9.17, 15) is 14.9 Å². The van der Waals surface area contributed by atoms with Crippen LogP contribution >= 0.6 is 0 Å². The Hall–Kier alpha value is -1.57. The fourth-order valence-electron chi connectivity index (χ4n) is 2.79. The molecule has 5 nitrogen and oxygen atoms in total. The van der Waals surface area contributed by atoms with Crippen LogP contribution in [0.2, 0.25) is 0 Å². The lowest BCUT2D eigenvalue weighted by atomic mass is 9.97. The number of carbonyl (C=O) groups is 2. The molecular formula is C14H21NO4. The van der Waals surface area contributed by atoms with Crippen molar-refractivity contribution in [1.82, 2.24) is 0 Å². The van der Waals surface area contributed by atoms with Gasteiger partial charge in [0.25, 0.3) is 0 Å². The van der Waals surface area contributed by atoms with Crippen molar-refractivity contribution in [1.29, 1.82) is 5.26 Å². The zero-order valence-electron chi connectivity index (χ0n) is 11.8. The molecule has 1 aliphatic carbocycles. The molecule has 0 saturated heterocycles. The predicted octanol–water partition coefficient (Wildman–Crippen LogP) is 2.06. The van der Waals surface area contributed by atoms with Gasteiger partial charge >= 0.3 is 11.9 Å². The average Bonchev–Trinajstić information content (AvgIpc) is 2.98. The summed E-state index contributed by atoms with van der Waals surface area (Å²) in [6, 6.07) is 2.23. The number of rotatable bonds is 7. The van der Waals surface area contributed by atoms with Crippen molar-refractivity contribution >= 4 is 11.9 Å². The zero-order chi connectivity index (χ0) is 14.5. The summed E-state index contributed by atoms with van der Waals surface area (Å²) in [6.07, 6.45) is 1.52. The summed E-state index contributed by atoms with van der Waals surface area (Å²) in [5.41, 5.74) is -0.742.